The first-order chi connectivity index (χ1) is 34.4. The lowest BCUT2D eigenvalue weighted by Crippen LogP contribution is -2.47. The van der Waals surface area contributed by atoms with Crippen LogP contribution in [0.15, 0.2) is 36.5 Å². The van der Waals surface area contributed by atoms with Gasteiger partial charge in [0.05, 0.1) is 33.8 Å². The largest absolute Gasteiger partial charge is 0.756 e. The number of hydrogen-bond acceptors (Lipinski definition) is 7. The summed E-state index contributed by atoms with van der Waals surface area (Å²) in [7, 11) is 1.19. The second-order valence-corrected chi connectivity index (χ2v) is 23.3. The number of phosphoric ester groups is 1. The van der Waals surface area contributed by atoms with Crippen LogP contribution in [-0.4, -0.2) is 69.4 Å². The van der Waals surface area contributed by atoms with E-state index in [1.807, 2.05) is 33.3 Å². The smallest absolute Gasteiger partial charge is 0.306 e. The Hall–Kier alpha value is -1.77. The van der Waals surface area contributed by atoms with Crippen molar-refractivity contribution >= 4 is 19.7 Å². The molecule has 0 aliphatic heterocycles. The van der Waals surface area contributed by atoms with Crippen LogP contribution in [0.3, 0.4) is 0 Å². The summed E-state index contributed by atoms with van der Waals surface area (Å²) in [6.07, 6.45) is 61.2. The van der Waals surface area contributed by atoms with Crippen LogP contribution >= 0.6 is 7.82 Å². The van der Waals surface area contributed by atoms with Crippen LogP contribution in [0.1, 0.15) is 290 Å². The van der Waals surface area contributed by atoms with Gasteiger partial charge in [-0.1, -0.05) is 237 Å². The molecule has 0 aromatic carbocycles. The molecule has 10 heteroatoms. The molecule has 0 spiro atoms. The van der Waals surface area contributed by atoms with Gasteiger partial charge < -0.3 is 28.5 Å². The third kappa shape index (κ3) is 52.9. The van der Waals surface area contributed by atoms with E-state index < -0.39 is 20.0 Å². The average molecular weight is 1020 g/mol. The molecule has 0 saturated carbocycles. The molecular weight excluding hydrogens is 904 g/mol. The van der Waals surface area contributed by atoms with E-state index in [1.165, 1.54) is 173 Å². The number of carbonyl (C=O) groups is 2. The van der Waals surface area contributed by atoms with Crippen molar-refractivity contribution in [1.82, 2.24) is 5.32 Å². The molecule has 9 nitrogen and oxygen atoms in total. The highest BCUT2D eigenvalue weighted by Crippen LogP contribution is 2.38. The second-order valence-electron chi connectivity index (χ2n) is 21.8. The third-order valence-corrected chi connectivity index (χ3v) is 14.5. The molecule has 0 radical (unpaired) electrons. The molecule has 0 aliphatic rings. The average Bonchev–Trinajstić information content (AvgIpc) is 3.33. The van der Waals surface area contributed by atoms with Crippen LogP contribution < -0.4 is 10.2 Å². The number of allylic oxidation sites excluding steroid dienone is 5. The molecule has 0 aromatic heterocycles. The maximum absolute atomic E-state index is 13.5. The highest BCUT2D eigenvalue weighted by molar-refractivity contribution is 7.45. The zero-order chi connectivity index (χ0) is 52.2. The van der Waals surface area contributed by atoms with Gasteiger partial charge in [0.25, 0.3) is 7.82 Å². The number of phosphoric acid groups is 1. The molecule has 71 heavy (non-hydrogen) atoms. The first-order valence-corrected chi connectivity index (χ1v) is 31.8. The normalized spacial score (nSPS) is 14.0. The summed E-state index contributed by atoms with van der Waals surface area (Å²) in [4.78, 5) is 39.8. The van der Waals surface area contributed by atoms with E-state index in [-0.39, 0.29) is 31.5 Å². The molecule has 3 atom stereocenters. The van der Waals surface area contributed by atoms with E-state index in [2.05, 4.69) is 50.4 Å². The second kappa shape index (κ2) is 51.7. The summed E-state index contributed by atoms with van der Waals surface area (Å²) in [5.41, 5.74) is 0. The van der Waals surface area contributed by atoms with Gasteiger partial charge in [-0.15, -0.1) is 0 Å². The number of hydrogen-bond donors (Lipinski definition) is 1. The number of esters is 1. The number of nitrogens with zero attached hydrogens (tertiary/aromatic N) is 1. The van der Waals surface area contributed by atoms with Crippen molar-refractivity contribution in [2.24, 2.45) is 0 Å². The molecule has 0 aromatic rings. The number of ether oxygens (including phenoxy) is 1. The molecule has 0 saturated heterocycles. The number of carbonyl (C=O) groups excluding carboxylic acids is 2. The lowest BCUT2D eigenvalue weighted by molar-refractivity contribution is -0.870. The molecule has 0 aliphatic carbocycles. The Morgan fingerprint density at radius 2 is 0.831 bits per heavy atom. The summed E-state index contributed by atoms with van der Waals surface area (Å²) in [6.45, 7) is 6.81. The Kier molecular flexibility index (Phi) is 50.4. The van der Waals surface area contributed by atoms with Crippen LogP contribution in [0.2, 0.25) is 0 Å². The Morgan fingerprint density at radius 3 is 1.24 bits per heavy atom. The van der Waals surface area contributed by atoms with Crippen molar-refractivity contribution in [3.63, 3.8) is 0 Å². The fourth-order valence-electron chi connectivity index (χ4n) is 8.79. The fourth-order valence-corrected chi connectivity index (χ4v) is 9.52. The van der Waals surface area contributed by atoms with E-state index in [9.17, 15) is 19.0 Å². The molecule has 3 unspecified atom stereocenters. The molecule has 0 heterocycles. The highest BCUT2D eigenvalue weighted by atomic mass is 31.2. The topological polar surface area (TPSA) is 114 Å². The fraction of sp³-hybridized carbons (Fsp3) is 0.869. The van der Waals surface area contributed by atoms with E-state index in [0.717, 1.165) is 83.5 Å². The molecule has 0 bridgehead atoms. The minimum atomic E-state index is -4.69. The van der Waals surface area contributed by atoms with E-state index in [4.69, 9.17) is 13.8 Å². The van der Waals surface area contributed by atoms with Gasteiger partial charge in [0.2, 0.25) is 5.91 Å². The number of unbranched alkanes of at least 4 members (excludes halogenated alkanes) is 35. The maximum atomic E-state index is 13.5. The minimum Gasteiger partial charge on any atom is -0.756 e. The van der Waals surface area contributed by atoms with Gasteiger partial charge in [-0.25, -0.2) is 0 Å². The summed E-state index contributed by atoms with van der Waals surface area (Å²) >= 11 is 0. The zero-order valence-electron chi connectivity index (χ0n) is 47.7. The summed E-state index contributed by atoms with van der Waals surface area (Å²) < 4.78 is 30.2. The number of rotatable bonds is 55. The Balaban J connectivity index is 5.08. The molecular formula is C61H117N2O7P. The van der Waals surface area contributed by atoms with E-state index >= 15 is 0 Å². The van der Waals surface area contributed by atoms with Crippen molar-refractivity contribution in [3.8, 4) is 0 Å². The van der Waals surface area contributed by atoms with E-state index in [1.54, 1.807) is 0 Å². The molecule has 0 rings (SSSR count). The predicted molar refractivity (Wildman–Crippen MR) is 303 cm³/mol. The summed E-state index contributed by atoms with van der Waals surface area (Å²) in [6, 6.07) is -0.887. The summed E-state index contributed by atoms with van der Waals surface area (Å²) in [5, 5.41) is 3.02. The maximum Gasteiger partial charge on any atom is 0.306 e. The van der Waals surface area contributed by atoms with Gasteiger partial charge in [-0.05, 0) is 76.7 Å². The number of quaternary nitrogens is 1. The quantitative estimate of drug-likeness (QED) is 0.0212. The van der Waals surface area contributed by atoms with Crippen LogP contribution in [0.25, 0.3) is 0 Å². The van der Waals surface area contributed by atoms with Crippen LogP contribution in [0.5, 0.6) is 0 Å². The van der Waals surface area contributed by atoms with Gasteiger partial charge in [-0.3, -0.25) is 14.2 Å². The number of nitrogens with one attached hydrogen (secondary N) is 1. The predicted octanol–water partition coefficient (Wildman–Crippen LogP) is 17.7. The third-order valence-electron chi connectivity index (χ3n) is 13.5. The molecule has 0 fully saturated rings. The van der Waals surface area contributed by atoms with Crippen molar-refractivity contribution in [2.75, 3.05) is 40.9 Å². The van der Waals surface area contributed by atoms with E-state index in [0.29, 0.717) is 17.4 Å². The molecule has 418 valence electrons. The van der Waals surface area contributed by atoms with Crippen LogP contribution in [0.4, 0.5) is 0 Å². The Labute approximate surface area is 440 Å². The van der Waals surface area contributed by atoms with Gasteiger partial charge in [0.15, 0.2) is 0 Å². The standard InChI is InChI=1S/C61H117N2O7P/c1-7-10-13-16-19-22-25-26-27-28-29-30-31-32-33-34-35-36-39-41-44-47-50-53-60(64)62-58(57-69-71(66,67)68-56-55-63(4,5)6)59(52-49-46-43-40-37-23-20-17-14-11-8-2)70-61(65)54-51-48-45-42-38-24-21-18-15-12-9-3/h18,21,26-27,49,52,58-59H,7-17,19-20,22-25,28-48,50-51,53-57H2,1-6H3,(H-,62,64,66,67)/b21-18-,27-26+,52-49-. The lowest BCUT2D eigenvalue weighted by Gasteiger charge is -2.30. The van der Waals surface area contributed by atoms with Gasteiger partial charge >= 0.3 is 5.97 Å². The van der Waals surface area contributed by atoms with Crippen LogP contribution in [0, 0.1) is 0 Å². The van der Waals surface area contributed by atoms with Crippen molar-refractivity contribution < 1.29 is 37.3 Å². The van der Waals surface area contributed by atoms with Crippen LogP contribution in [-0.2, 0) is 27.9 Å². The summed E-state index contributed by atoms with van der Waals surface area (Å²) in [5.74, 6) is -0.545. The van der Waals surface area contributed by atoms with Gasteiger partial charge in [0.1, 0.15) is 19.3 Å². The molecule has 1 N–H and O–H groups in total. The Bertz CT molecular complexity index is 1310. The first kappa shape index (κ1) is 69.2. The van der Waals surface area contributed by atoms with Crippen molar-refractivity contribution in [2.45, 2.75) is 303 Å². The first-order valence-electron chi connectivity index (χ1n) is 30.3. The van der Waals surface area contributed by atoms with Crippen molar-refractivity contribution in [1.29, 1.82) is 0 Å². The lowest BCUT2D eigenvalue weighted by atomic mass is 10.0. The van der Waals surface area contributed by atoms with Crippen molar-refractivity contribution in [3.05, 3.63) is 36.5 Å². The Morgan fingerprint density at radius 1 is 0.479 bits per heavy atom. The number of likely N-dealkylation sites (N-methyl/N-ethyl adjacent to an activating group) is 1. The van der Waals surface area contributed by atoms with Gasteiger partial charge in [-0.2, -0.15) is 0 Å². The monoisotopic (exact) mass is 1020 g/mol. The molecule has 1 amide bonds. The minimum absolute atomic E-state index is 0.0219. The number of amides is 1. The SMILES string of the molecule is CCCC/C=C\CCCCCCCC(=O)OC(/C=C\CCCCCCCCCCC)C(COP(=O)([O-])OCC[N+](C)(C)C)NC(=O)CCCCCCCCCCCCCCC/C=C/CCCCCCCC. The van der Waals surface area contributed by atoms with Gasteiger partial charge in [0, 0.05) is 12.8 Å². The highest BCUT2D eigenvalue weighted by Gasteiger charge is 2.27. The zero-order valence-corrected chi connectivity index (χ0v) is 48.6.